The van der Waals surface area contributed by atoms with Gasteiger partial charge in [-0.25, -0.2) is 9.78 Å². The number of hydrogen-bond donors (Lipinski definition) is 4. The molecule has 2 amide bonds. The summed E-state index contributed by atoms with van der Waals surface area (Å²) in [4.78, 5) is 43.3. The molecule has 176 valence electrons. The number of nitrogens with zero attached hydrogens (tertiary/aromatic N) is 1. The van der Waals surface area contributed by atoms with Crippen molar-refractivity contribution in [1.29, 1.82) is 0 Å². The highest BCUT2D eigenvalue weighted by Crippen LogP contribution is 2.44. The number of carboxylic acid groups (broad SMARTS) is 1. The minimum atomic E-state index is -1.02. The summed E-state index contributed by atoms with van der Waals surface area (Å²) in [7, 11) is 0. The minimum absolute atomic E-state index is 0.0555. The van der Waals surface area contributed by atoms with Crippen molar-refractivity contribution < 1.29 is 24.2 Å². The molecule has 3 aromatic rings. The minimum Gasteiger partial charge on any atom is -0.481 e. The zero-order valence-corrected chi connectivity index (χ0v) is 18.7. The van der Waals surface area contributed by atoms with Crippen LogP contribution in [0, 0.1) is 5.92 Å². The van der Waals surface area contributed by atoms with Crippen LogP contribution in [0.25, 0.3) is 11.1 Å². The largest absolute Gasteiger partial charge is 0.481 e. The van der Waals surface area contributed by atoms with Crippen molar-refractivity contribution in [2.75, 3.05) is 13.2 Å². The van der Waals surface area contributed by atoms with E-state index in [4.69, 9.17) is 9.84 Å². The molecule has 9 nitrogen and oxygen atoms in total. The van der Waals surface area contributed by atoms with E-state index in [1.807, 2.05) is 36.4 Å². The van der Waals surface area contributed by atoms with Crippen LogP contribution in [0.15, 0.2) is 61.1 Å². The predicted molar refractivity (Wildman–Crippen MR) is 124 cm³/mol. The number of amides is 2. The van der Waals surface area contributed by atoms with Gasteiger partial charge < -0.3 is 25.5 Å². The Morgan fingerprint density at radius 2 is 1.74 bits per heavy atom. The number of carbonyl (C=O) groups is 3. The number of H-pyrrole nitrogens is 1. The number of carboxylic acids is 1. The number of carbonyl (C=O) groups excluding carboxylic acids is 2. The van der Waals surface area contributed by atoms with Gasteiger partial charge in [0.15, 0.2) is 0 Å². The lowest BCUT2D eigenvalue weighted by Crippen LogP contribution is -2.49. The highest BCUT2D eigenvalue weighted by Gasteiger charge is 2.30. The standard InChI is InChI=1S/C25H26N4O5/c1-15(24(31)32)11-27-23(30)22(10-16-12-26-14-28-16)29-25(33)34-13-21-19-8-4-2-6-17(19)18-7-3-5-9-20(18)21/h2-9,12,14-15,21-22H,10-11,13H2,1H3,(H,26,28)(H,27,30)(H,29,33)(H,31,32). The fraction of sp³-hybridized carbons (Fsp3) is 0.280. The summed E-state index contributed by atoms with van der Waals surface area (Å²) in [5.74, 6) is -2.38. The molecule has 1 heterocycles. The number of rotatable bonds is 9. The fourth-order valence-electron chi connectivity index (χ4n) is 4.07. The molecular formula is C25H26N4O5. The highest BCUT2D eigenvalue weighted by atomic mass is 16.5. The Labute approximate surface area is 196 Å². The Morgan fingerprint density at radius 3 is 2.32 bits per heavy atom. The van der Waals surface area contributed by atoms with Crippen LogP contribution in [0.3, 0.4) is 0 Å². The molecule has 0 saturated carbocycles. The summed E-state index contributed by atoms with van der Waals surface area (Å²) < 4.78 is 5.55. The van der Waals surface area contributed by atoms with Gasteiger partial charge in [-0.05, 0) is 22.3 Å². The third-order valence-corrected chi connectivity index (χ3v) is 5.94. The molecule has 9 heteroatoms. The van der Waals surface area contributed by atoms with Crippen molar-refractivity contribution in [2.45, 2.75) is 25.3 Å². The predicted octanol–water partition coefficient (Wildman–Crippen LogP) is 2.70. The Balaban J connectivity index is 1.42. The van der Waals surface area contributed by atoms with E-state index in [0.29, 0.717) is 5.69 Å². The van der Waals surface area contributed by atoms with E-state index in [-0.39, 0.29) is 25.5 Å². The maximum Gasteiger partial charge on any atom is 0.407 e. The molecule has 0 spiro atoms. The molecule has 0 radical (unpaired) electrons. The topological polar surface area (TPSA) is 133 Å². The zero-order valence-electron chi connectivity index (χ0n) is 18.7. The van der Waals surface area contributed by atoms with Gasteiger partial charge in [0.25, 0.3) is 0 Å². The van der Waals surface area contributed by atoms with E-state index in [1.165, 1.54) is 13.3 Å². The van der Waals surface area contributed by atoms with Crippen LogP contribution in [0.5, 0.6) is 0 Å². The van der Waals surface area contributed by atoms with E-state index in [0.717, 1.165) is 22.3 Å². The maximum atomic E-state index is 12.7. The van der Waals surface area contributed by atoms with Crippen LogP contribution in [-0.4, -0.2) is 52.2 Å². The number of benzene rings is 2. The van der Waals surface area contributed by atoms with Crippen molar-refractivity contribution in [1.82, 2.24) is 20.6 Å². The van der Waals surface area contributed by atoms with Crippen LogP contribution < -0.4 is 10.6 Å². The second-order valence-corrected chi connectivity index (χ2v) is 8.29. The van der Waals surface area contributed by atoms with Gasteiger partial charge in [-0.3, -0.25) is 9.59 Å². The first-order chi connectivity index (χ1) is 16.4. The molecule has 0 fully saturated rings. The van der Waals surface area contributed by atoms with Gasteiger partial charge in [0, 0.05) is 30.8 Å². The number of aromatic amines is 1. The van der Waals surface area contributed by atoms with E-state index < -0.39 is 29.9 Å². The van der Waals surface area contributed by atoms with Gasteiger partial charge >= 0.3 is 12.1 Å². The number of ether oxygens (including phenoxy) is 1. The number of aliphatic carboxylic acids is 1. The van der Waals surface area contributed by atoms with Gasteiger partial charge in [-0.2, -0.15) is 0 Å². The van der Waals surface area contributed by atoms with Crippen molar-refractivity contribution >= 4 is 18.0 Å². The SMILES string of the molecule is CC(CNC(=O)C(Cc1cnc[nH]1)NC(=O)OCC1c2ccccc2-c2ccccc21)C(=O)O. The van der Waals surface area contributed by atoms with Gasteiger partial charge in [0.2, 0.25) is 5.91 Å². The van der Waals surface area contributed by atoms with Crippen LogP contribution >= 0.6 is 0 Å². The number of aromatic nitrogens is 2. The highest BCUT2D eigenvalue weighted by molar-refractivity contribution is 5.86. The molecule has 1 aliphatic rings. The van der Waals surface area contributed by atoms with Crippen molar-refractivity contribution in [3.05, 3.63) is 77.9 Å². The molecule has 2 unspecified atom stereocenters. The Hall–Kier alpha value is -4.14. The first-order valence-corrected chi connectivity index (χ1v) is 11.0. The third kappa shape index (κ3) is 5.09. The van der Waals surface area contributed by atoms with E-state index in [1.54, 1.807) is 6.20 Å². The molecule has 0 bridgehead atoms. The number of imidazole rings is 1. The van der Waals surface area contributed by atoms with E-state index >= 15 is 0 Å². The first-order valence-electron chi connectivity index (χ1n) is 11.0. The van der Waals surface area contributed by atoms with Gasteiger partial charge in [0.05, 0.1) is 12.2 Å². The summed E-state index contributed by atoms with van der Waals surface area (Å²) in [6.07, 6.45) is 2.45. The number of alkyl carbamates (subject to hydrolysis) is 1. The molecular weight excluding hydrogens is 436 g/mol. The average molecular weight is 463 g/mol. The second-order valence-electron chi connectivity index (χ2n) is 8.29. The lowest BCUT2D eigenvalue weighted by Gasteiger charge is -2.20. The Kier molecular flexibility index (Phi) is 6.91. The summed E-state index contributed by atoms with van der Waals surface area (Å²) >= 11 is 0. The number of hydrogen-bond acceptors (Lipinski definition) is 5. The first kappa shape index (κ1) is 23.0. The molecule has 1 aliphatic carbocycles. The smallest absolute Gasteiger partial charge is 0.407 e. The molecule has 0 aliphatic heterocycles. The van der Waals surface area contributed by atoms with Gasteiger partial charge in [-0.15, -0.1) is 0 Å². The van der Waals surface area contributed by atoms with Gasteiger partial charge in [0.1, 0.15) is 12.6 Å². The maximum absolute atomic E-state index is 12.7. The summed E-state index contributed by atoms with van der Waals surface area (Å²) in [6, 6.07) is 15.1. The molecule has 34 heavy (non-hydrogen) atoms. The monoisotopic (exact) mass is 462 g/mol. The summed E-state index contributed by atoms with van der Waals surface area (Å²) in [5.41, 5.74) is 5.06. The molecule has 1 aromatic heterocycles. The lowest BCUT2D eigenvalue weighted by atomic mass is 9.98. The normalized spacial score (nSPS) is 13.9. The van der Waals surface area contributed by atoms with Crippen molar-refractivity contribution in [3.63, 3.8) is 0 Å². The molecule has 4 rings (SSSR count). The molecule has 4 N–H and O–H groups in total. The summed E-state index contributed by atoms with van der Waals surface area (Å²) in [6.45, 7) is 1.56. The Bertz CT molecular complexity index is 1130. The number of fused-ring (bicyclic) bond motifs is 3. The quantitative estimate of drug-likeness (QED) is 0.386. The van der Waals surface area contributed by atoms with E-state index in [9.17, 15) is 14.4 Å². The van der Waals surface area contributed by atoms with Crippen molar-refractivity contribution in [2.24, 2.45) is 5.92 Å². The molecule has 0 saturated heterocycles. The Morgan fingerprint density at radius 1 is 1.09 bits per heavy atom. The second kappa shape index (κ2) is 10.2. The van der Waals surface area contributed by atoms with Crippen LogP contribution in [0.2, 0.25) is 0 Å². The van der Waals surface area contributed by atoms with Crippen molar-refractivity contribution in [3.8, 4) is 11.1 Å². The third-order valence-electron chi connectivity index (χ3n) is 5.94. The van der Waals surface area contributed by atoms with E-state index in [2.05, 4.69) is 32.7 Å². The van der Waals surface area contributed by atoms with Gasteiger partial charge in [-0.1, -0.05) is 55.5 Å². The zero-order chi connectivity index (χ0) is 24.1. The average Bonchev–Trinajstić information content (AvgIpc) is 3.46. The van der Waals surface area contributed by atoms with Crippen LogP contribution in [-0.2, 0) is 20.7 Å². The molecule has 2 aromatic carbocycles. The van der Waals surface area contributed by atoms with Crippen LogP contribution in [0.4, 0.5) is 4.79 Å². The van der Waals surface area contributed by atoms with Crippen LogP contribution in [0.1, 0.15) is 29.7 Å². The fourth-order valence-corrected chi connectivity index (χ4v) is 4.07. The number of nitrogens with one attached hydrogen (secondary N) is 3. The summed E-state index contributed by atoms with van der Waals surface area (Å²) in [5, 5.41) is 14.2. The lowest BCUT2D eigenvalue weighted by molar-refractivity contribution is -0.141. The molecule has 2 atom stereocenters.